The van der Waals surface area contributed by atoms with E-state index in [2.05, 4.69) is 11.4 Å². The molecule has 0 bridgehead atoms. The molecule has 112 valence electrons. The van der Waals surface area contributed by atoms with Crippen molar-refractivity contribution in [3.05, 3.63) is 51.6 Å². The summed E-state index contributed by atoms with van der Waals surface area (Å²) in [5.41, 5.74) is -1.21. The molecule has 0 aromatic heterocycles. The third kappa shape index (κ3) is 3.62. The molecule has 1 N–H and O–H groups in total. The van der Waals surface area contributed by atoms with Crippen LogP contribution in [-0.4, -0.2) is 17.4 Å². The third-order valence-electron chi connectivity index (χ3n) is 3.41. The van der Waals surface area contributed by atoms with Crippen molar-refractivity contribution in [3.8, 4) is 0 Å². The van der Waals surface area contributed by atoms with E-state index >= 15 is 0 Å². The normalized spacial score (nSPS) is 17.5. The van der Waals surface area contributed by atoms with E-state index in [1.54, 1.807) is 0 Å². The van der Waals surface area contributed by atoms with Gasteiger partial charge in [0.15, 0.2) is 11.6 Å². The molecule has 21 heavy (non-hydrogen) atoms. The molecule has 1 aromatic rings. The Morgan fingerprint density at radius 2 is 2.05 bits per heavy atom. The zero-order valence-corrected chi connectivity index (χ0v) is 11.1. The lowest BCUT2D eigenvalue weighted by atomic mass is 9.94. The van der Waals surface area contributed by atoms with Gasteiger partial charge in [-0.05, 0) is 31.2 Å². The summed E-state index contributed by atoms with van der Waals surface area (Å²) in [6.07, 6.45) is 6.72. The Morgan fingerprint density at radius 1 is 1.33 bits per heavy atom. The molecule has 0 heterocycles. The first-order valence-electron chi connectivity index (χ1n) is 6.55. The van der Waals surface area contributed by atoms with Gasteiger partial charge in [-0.2, -0.15) is 0 Å². The van der Waals surface area contributed by atoms with Crippen molar-refractivity contribution in [2.75, 3.05) is 6.54 Å². The van der Waals surface area contributed by atoms with Crippen LogP contribution < -0.4 is 5.32 Å². The van der Waals surface area contributed by atoms with E-state index in [1.807, 2.05) is 6.08 Å². The fourth-order valence-corrected chi connectivity index (χ4v) is 2.24. The molecule has 1 unspecified atom stereocenters. The average molecular weight is 296 g/mol. The van der Waals surface area contributed by atoms with E-state index < -0.39 is 33.7 Å². The second-order valence-corrected chi connectivity index (χ2v) is 4.90. The summed E-state index contributed by atoms with van der Waals surface area (Å²) in [6.45, 7) is 0.347. The van der Waals surface area contributed by atoms with Gasteiger partial charge in [-0.3, -0.25) is 14.9 Å². The van der Waals surface area contributed by atoms with Crippen molar-refractivity contribution >= 4 is 11.6 Å². The summed E-state index contributed by atoms with van der Waals surface area (Å²) in [6, 6.07) is 0.983. The number of allylic oxidation sites excluding steroid dienone is 2. The highest BCUT2D eigenvalue weighted by molar-refractivity contribution is 5.98. The van der Waals surface area contributed by atoms with E-state index in [-0.39, 0.29) is 5.92 Å². The van der Waals surface area contributed by atoms with Crippen LogP contribution in [0.1, 0.15) is 29.6 Å². The van der Waals surface area contributed by atoms with Gasteiger partial charge in [0.1, 0.15) is 5.56 Å². The highest BCUT2D eigenvalue weighted by atomic mass is 19.2. The molecule has 1 atom stereocenters. The molecule has 1 amide bonds. The quantitative estimate of drug-likeness (QED) is 0.527. The van der Waals surface area contributed by atoms with Crippen molar-refractivity contribution in [1.29, 1.82) is 0 Å². The molecule has 0 fully saturated rings. The number of hydrogen-bond acceptors (Lipinski definition) is 3. The first-order valence-corrected chi connectivity index (χ1v) is 6.55. The Morgan fingerprint density at radius 3 is 2.67 bits per heavy atom. The molecule has 0 saturated carbocycles. The van der Waals surface area contributed by atoms with E-state index in [1.165, 1.54) is 0 Å². The van der Waals surface area contributed by atoms with Crippen molar-refractivity contribution in [3.63, 3.8) is 0 Å². The van der Waals surface area contributed by atoms with Gasteiger partial charge in [0.2, 0.25) is 0 Å². The molecule has 0 aliphatic heterocycles. The molecular weight excluding hydrogens is 282 g/mol. The molecule has 0 radical (unpaired) electrons. The minimum Gasteiger partial charge on any atom is -0.352 e. The number of nitrogens with one attached hydrogen (secondary N) is 1. The second-order valence-electron chi connectivity index (χ2n) is 4.90. The van der Waals surface area contributed by atoms with Gasteiger partial charge in [0, 0.05) is 6.54 Å². The average Bonchev–Trinajstić information content (AvgIpc) is 2.48. The second kappa shape index (κ2) is 6.43. The summed E-state index contributed by atoms with van der Waals surface area (Å²) in [4.78, 5) is 21.9. The number of carbonyl (C=O) groups excluding carboxylic acids is 1. The van der Waals surface area contributed by atoms with Gasteiger partial charge in [-0.25, -0.2) is 8.78 Å². The maximum Gasteiger partial charge on any atom is 0.285 e. The van der Waals surface area contributed by atoms with Crippen LogP contribution in [0, 0.1) is 27.7 Å². The summed E-state index contributed by atoms with van der Waals surface area (Å²) >= 11 is 0. The lowest BCUT2D eigenvalue weighted by Crippen LogP contribution is -2.30. The highest BCUT2D eigenvalue weighted by Crippen LogP contribution is 2.23. The minimum atomic E-state index is -1.35. The van der Waals surface area contributed by atoms with E-state index in [0.717, 1.165) is 19.3 Å². The number of nitro groups is 1. The van der Waals surface area contributed by atoms with E-state index in [0.29, 0.717) is 18.7 Å². The predicted molar refractivity (Wildman–Crippen MR) is 71.8 cm³/mol. The summed E-state index contributed by atoms with van der Waals surface area (Å²) < 4.78 is 26.2. The largest absolute Gasteiger partial charge is 0.352 e. The van der Waals surface area contributed by atoms with Crippen molar-refractivity contribution in [2.24, 2.45) is 5.92 Å². The first-order chi connectivity index (χ1) is 9.99. The maximum absolute atomic E-state index is 13.2. The molecule has 5 nitrogen and oxygen atoms in total. The molecule has 2 rings (SSSR count). The lowest BCUT2D eigenvalue weighted by molar-refractivity contribution is -0.385. The SMILES string of the molecule is O=C(NCC1CC=CCC1)c1cc(F)c(F)cc1[N+](=O)[O-]. The van der Waals surface area contributed by atoms with E-state index in [4.69, 9.17) is 0 Å². The number of nitro benzene ring substituents is 1. The van der Waals surface area contributed by atoms with Crippen LogP contribution in [0.2, 0.25) is 0 Å². The van der Waals surface area contributed by atoms with E-state index in [9.17, 15) is 23.7 Å². The van der Waals surface area contributed by atoms with Gasteiger partial charge in [-0.15, -0.1) is 0 Å². The number of amides is 1. The topological polar surface area (TPSA) is 72.2 Å². The molecular formula is C14H14F2N2O3. The smallest absolute Gasteiger partial charge is 0.285 e. The van der Waals surface area contributed by atoms with Crippen LogP contribution in [-0.2, 0) is 0 Å². The van der Waals surface area contributed by atoms with Crippen LogP contribution in [0.3, 0.4) is 0 Å². The Kier molecular flexibility index (Phi) is 4.62. The Hall–Kier alpha value is -2.31. The first kappa shape index (κ1) is 15.1. The van der Waals surface area contributed by atoms with Crippen molar-refractivity contribution in [2.45, 2.75) is 19.3 Å². The Bertz CT molecular complexity index is 602. The predicted octanol–water partition coefficient (Wildman–Crippen LogP) is 2.96. The van der Waals surface area contributed by atoms with Crippen molar-refractivity contribution in [1.82, 2.24) is 5.32 Å². The summed E-state index contributed by atoms with van der Waals surface area (Å²) in [5.74, 6) is -3.15. The zero-order valence-electron chi connectivity index (χ0n) is 11.1. The highest BCUT2D eigenvalue weighted by Gasteiger charge is 2.24. The van der Waals surface area contributed by atoms with Crippen LogP contribution in [0.15, 0.2) is 24.3 Å². The monoisotopic (exact) mass is 296 g/mol. The summed E-state index contributed by atoms with van der Waals surface area (Å²) in [7, 11) is 0. The van der Waals surface area contributed by atoms with Crippen LogP contribution in [0.5, 0.6) is 0 Å². The lowest BCUT2D eigenvalue weighted by Gasteiger charge is -2.18. The number of halogens is 2. The molecule has 7 heteroatoms. The van der Waals surface area contributed by atoms with Crippen LogP contribution in [0.4, 0.5) is 14.5 Å². The standard InChI is InChI=1S/C14H14F2N2O3/c15-11-6-10(13(18(20)21)7-12(11)16)14(19)17-8-9-4-2-1-3-5-9/h1-2,6-7,9H,3-5,8H2,(H,17,19). The summed E-state index contributed by atoms with van der Waals surface area (Å²) in [5, 5.41) is 13.4. The molecule has 1 aliphatic carbocycles. The number of nitrogens with zero attached hydrogens (tertiary/aromatic N) is 1. The molecule has 1 aliphatic rings. The van der Waals surface area contributed by atoms with Crippen molar-refractivity contribution < 1.29 is 18.5 Å². The zero-order chi connectivity index (χ0) is 15.4. The fraction of sp³-hybridized carbons (Fsp3) is 0.357. The van der Waals surface area contributed by atoms with Gasteiger partial charge in [0.05, 0.1) is 11.0 Å². The van der Waals surface area contributed by atoms with Gasteiger partial charge in [0.25, 0.3) is 11.6 Å². The number of hydrogen-bond donors (Lipinski definition) is 1. The van der Waals surface area contributed by atoms with Gasteiger partial charge < -0.3 is 5.32 Å². The maximum atomic E-state index is 13.2. The number of carbonyl (C=O) groups is 1. The Labute approximate surface area is 119 Å². The number of benzene rings is 1. The third-order valence-corrected chi connectivity index (χ3v) is 3.41. The van der Waals surface area contributed by atoms with Gasteiger partial charge in [-0.1, -0.05) is 12.2 Å². The van der Waals surface area contributed by atoms with Crippen LogP contribution >= 0.6 is 0 Å². The molecule has 0 spiro atoms. The Balaban J connectivity index is 2.12. The van der Waals surface area contributed by atoms with Crippen LogP contribution in [0.25, 0.3) is 0 Å². The number of rotatable bonds is 4. The fourth-order valence-electron chi connectivity index (χ4n) is 2.24. The molecule has 0 saturated heterocycles. The van der Waals surface area contributed by atoms with Gasteiger partial charge >= 0.3 is 0 Å². The molecule has 1 aromatic carbocycles. The minimum absolute atomic E-state index is 0.253.